The van der Waals surface area contributed by atoms with Crippen molar-refractivity contribution in [1.29, 1.82) is 0 Å². The third-order valence-corrected chi connectivity index (χ3v) is 17.9. The summed E-state index contributed by atoms with van der Waals surface area (Å²) in [4.78, 5) is 70.7. The van der Waals surface area contributed by atoms with Crippen LogP contribution in [0, 0.1) is 0 Å². The van der Waals surface area contributed by atoms with E-state index in [0.29, 0.717) is 28.0 Å². The second-order valence-electron chi connectivity index (χ2n) is 23.2. The van der Waals surface area contributed by atoms with E-state index in [2.05, 4.69) is 20.9 Å². The molecule has 3 aliphatic rings. The second-order valence-corrected chi connectivity index (χ2v) is 24.0. The Balaban J connectivity index is 0.964. The molecule has 3 aliphatic heterocycles. The lowest BCUT2D eigenvalue weighted by Crippen LogP contribution is -2.62. The molecule has 3 fully saturated rings. The average molecular weight is 1360 g/mol. The summed E-state index contributed by atoms with van der Waals surface area (Å²) in [5, 5.41) is 0.457. The van der Waals surface area contributed by atoms with Crippen molar-refractivity contribution < 1.29 is 85.8 Å². The molecule has 0 saturated carbocycles. The number of rotatable bonds is 17. The number of nitrogens with zero attached hydrogens (tertiary/aromatic N) is 7. The number of ether oxygens (including phenoxy) is 2. The van der Waals surface area contributed by atoms with E-state index in [1.54, 1.807) is 55.7 Å². The van der Waals surface area contributed by atoms with Crippen molar-refractivity contribution in [3.05, 3.63) is 173 Å². The molecule has 9 rings (SSSR count). The van der Waals surface area contributed by atoms with Gasteiger partial charge in [-0.3, -0.25) is 29.2 Å². The number of halogens is 13. The number of hydrogen-bond donors (Lipinski definition) is 0. The van der Waals surface area contributed by atoms with Crippen LogP contribution < -0.4 is 9.80 Å². The van der Waals surface area contributed by atoms with Crippen LogP contribution in [0.2, 0.25) is 0 Å². The highest BCUT2D eigenvalue weighted by atomic mass is 79.9. The first-order valence-corrected chi connectivity index (χ1v) is 30.0. The largest absolute Gasteiger partial charge is 0.463 e. The Morgan fingerprint density at radius 2 is 1.08 bits per heavy atom. The summed E-state index contributed by atoms with van der Waals surface area (Å²) in [5.41, 5.74) is -13.2. The van der Waals surface area contributed by atoms with Crippen LogP contribution in [-0.4, -0.2) is 135 Å². The molecule has 0 aliphatic carbocycles. The molecular formula is C65H64BrF12N7O7. The van der Waals surface area contributed by atoms with Gasteiger partial charge in [0.1, 0.15) is 6.54 Å². The van der Waals surface area contributed by atoms with E-state index >= 15 is 67.1 Å². The number of alkyl halides is 13. The van der Waals surface area contributed by atoms with E-state index in [1.807, 2.05) is 0 Å². The maximum atomic E-state index is 15.1. The molecule has 27 heteroatoms. The third-order valence-electron chi connectivity index (χ3n) is 17.1. The number of fused-ring (bicyclic) bond motifs is 1. The average Bonchev–Trinajstić information content (AvgIpc) is 1.24. The first kappa shape index (κ1) is 68.5. The number of pyridine rings is 1. The zero-order valence-corrected chi connectivity index (χ0v) is 52.2. The van der Waals surface area contributed by atoms with E-state index < -0.39 is 125 Å². The number of allylic oxidation sites excluding steroid dienone is 2. The van der Waals surface area contributed by atoms with Gasteiger partial charge >= 0.3 is 30.7 Å². The Kier molecular flexibility index (Phi) is 19.3. The Labute approximate surface area is 530 Å². The van der Waals surface area contributed by atoms with Crippen molar-refractivity contribution in [2.24, 2.45) is 0 Å². The number of anilines is 2. The van der Waals surface area contributed by atoms with Crippen LogP contribution in [0.15, 0.2) is 138 Å². The topological polar surface area (TPSA) is 132 Å². The summed E-state index contributed by atoms with van der Waals surface area (Å²) in [6.45, 7) is 7.78. The molecule has 5 heterocycles. The standard InChI is InChI=1S/C65H64BrF12N7O7/c1-8-16-45-28-48(60(62(67,68)69,63(70,71)72)91-37-43-18-12-10-13-19-43)22-24-50(45)80-32-41(5)82(34-39(80)3)54(86)36-84-57(88)59(7,53-30-47-26-27-90-52(47)31-79-53)85(58(84)89)55(66)56(87)83-35-40(4)81(33-42(83)6)51-25-23-49(29-46(51)17-9-2)61(64(73,74)75,65(76,77)78)92-38-44-20-14-11-15-21-44/h8-31,39-42,55H,32-38H2,1-7H3/b16-8-,17-9-/t39?,40-,41?,42+,55?,59-/m1/s1. The molecule has 3 unspecified atom stereocenters. The zero-order valence-electron chi connectivity index (χ0n) is 50.6. The van der Waals surface area contributed by atoms with Crippen molar-refractivity contribution in [2.75, 3.05) is 42.5 Å². The summed E-state index contributed by atoms with van der Waals surface area (Å²) in [5.74, 6) is -2.45. The van der Waals surface area contributed by atoms with Crippen molar-refractivity contribution in [3.8, 4) is 0 Å². The minimum Gasteiger partial charge on any atom is -0.463 e. The summed E-state index contributed by atoms with van der Waals surface area (Å²) >= 11 is 3.45. The highest BCUT2D eigenvalue weighted by molar-refractivity contribution is 9.10. The molecule has 0 radical (unpaired) electrons. The highest BCUT2D eigenvalue weighted by Crippen LogP contribution is 2.56. The predicted octanol–water partition coefficient (Wildman–Crippen LogP) is 14.4. The van der Waals surface area contributed by atoms with Gasteiger partial charge in [-0.05, 0) is 107 Å². The molecule has 2 aromatic heterocycles. The van der Waals surface area contributed by atoms with Crippen LogP contribution in [-0.2, 0) is 53.8 Å². The van der Waals surface area contributed by atoms with Gasteiger partial charge in [0.25, 0.3) is 23.0 Å². The molecule has 14 nitrogen and oxygen atoms in total. The van der Waals surface area contributed by atoms with Gasteiger partial charge in [0.15, 0.2) is 16.1 Å². The van der Waals surface area contributed by atoms with Gasteiger partial charge < -0.3 is 33.5 Å². The first-order chi connectivity index (χ1) is 43.2. The monoisotopic (exact) mass is 1360 g/mol. The number of urea groups is 1. The number of furan rings is 1. The maximum absolute atomic E-state index is 15.1. The predicted molar refractivity (Wildman–Crippen MR) is 321 cm³/mol. The third kappa shape index (κ3) is 12.3. The molecule has 492 valence electrons. The number of aromatic nitrogens is 1. The Morgan fingerprint density at radius 1 is 0.630 bits per heavy atom. The fourth-order valence-corrected chi connectivity index (χ4v) is 13.2. The molecular weight excluding hydrogens is 1300 g/mol. The maximum Gasteiger partial charge on any atom is 0.430 e. The Bertz CT molecular complexity index is 3720. The smallest absolute Gasteiger partial charge is 0.430 e. The van der Waals surface area contributed by atoms with E-state index in [4.69, 9.17) is 13.9 Å². The zero-order chi connectivity index (χ0) is 67.3. The quantitative estimate of drug-likeness (QED) is 0.0376. The SMILES string of the molecule is C/C=C\c1cc(C(OCc2ccccc2)(C(F)(F)F)C(F)(F)F)ccc1N1CC(C)N(C(=O)CN2C(=O)N(C(Br)C(=O)N3C[C@@H](C)N(c4ccc(C(OCc5ccccc5)(C(F)(F)F)C(F)(F)F)cc4/C=C\C)C[C@@H]3C)[C@](C)(c3cc4ccoc4cn3)C2=O)CC1C. The summed E-state index contributed by atoms with van der Waals surface area (Å²) < 4.78 is 196. The van der Waals surface area contributed by atoms with Crippen LogP contribution in [0.3, 0.4) is 0 Å². The molecule has 0 N–H and O–H groups in total. The van der Waals surface area contributed by atoms with E-state index in [9.17, 15) is 4.79 Å². The lowest BCUT2D eigenvalue weighted by molar-refractivity contribution is -0.393. The minimum absolute atomic E-state index is 0.0227. The van der Waals surface area contributed by atoms with Crippen molar-refractivity contribution in [1.82, 2.24) is 24.6 Å². The molecule has 4 aromatic carbocycles. The number of amides is 5. The van der Waals surface area contributed by atoms with Gasteiger partial charge in [-0.25, -0.2) is 4.79 Å². The fourth-order valence-electron chi connectivity index (χ4n) is 12.4. The number of piperazine rings is 2. The van der Waals surface area contributed by atoms with Crippen LogP contribution in [0.4, 0.5) is 68.9 Å². The van der Waals surface area contributed by atoms with Crippen molar-refractivity contribution >= 4 is 74.2 Å². The van der Waals surface area contributed by atoms with Gasteiger partial charge in [-0.2, -0.15) is 52.7 Å². The number of hydrogen-bond acceptors (Lipinski definition) is 10. The summed E-state index contributed by atoms with van der Waals surface area (Å²) in [6, 6.07) is 18.5. The molecule has 6 aromatic rings. The Hall–Kier alpha value is -7.91. The number of carbonyl (C=O) groups is 4. The van der Waals surface area contributed by atoms with Crippen LogP contribution in [0.25, 0.3) is 23.1 Å². The number of imide groups is 1. The van der Waals surface area contributed by atoms with Crippen molar-refractivity contribution in [2.45, 2.75) is 132 Å². The molecule has 5 amide bonds. The summed E-state index contributed by atoms with van der Waals surface area (Å²) in [7, 11) is 0. The number of carbonyl (C=O) groups excluding carboxylic acids is 4. The van der Waals surface area contributed by atoms with Crippen molar-refractivity contribution in [3.63, 3.8) is 0 Å². The van der Waals surface area contributed by atoms with Gasteiger partial charge in [-0.15, -0.1) is 0 Å². The summed E-state index contributed by atoms with van der Waals surface area (Å²) in [6.07, 6.45) is -15.6. The molecule has 6 atom stereocenters. The highest BCUT2D eigenvalue weighted by Gasteiger charge is 2.75. The molecule has 0 bridgehead atoms. The Morgan fingerprint density at radius 3 is 1.52 bits per heavy atom. The van der Waals surface area contributed by atoms with Crippen LogP contribution in [0.1, 0.15) is 87.5 Å². The molecule has 3 saturated heterocycles. The lowest BCUT2D eigenvalue weighted by Gasteiger charge is -2.47. The van der Waals surface area contributed by atoms with E-state index in [-0.39, 0.29) is 65.5 Å². The lowest BCUT2D eigenvalue weighted by atomic mass is 9.89. The van der Waals surface area contributed by atoms with Gasteiger partial charge in [0.05, 0.1) is 31.4 Å². The first-order valence-electron chi connectivity index (χ1n) is 29.1. The minimum atomic E-state index is -5.98. The van der Waals surface area contributed by atoms with Gasteiger partial charge in [0.2, 0.25) is 5.91 Å². The molecule has 0 spiro atoms. The fraction of sp³-hybridized carbons (Fsp3) is 0.400. The van der Waals surface area contributed by atoms with Gasteiger partial charge in [0, 0.05) is 78.2 Å². The van der Waals surface area contributed by atoms with E-state index in [1.165, 1.54) is 122 Å². The van der Waals surface area contributed by atoms with Crippen LogP contribution in [0.5, 0.6) is 0 Å². The van der Waals surface area contributed by atoms with Gasteiger partial charge in [-0.1, -0.05) is 113 Å². The molecule has 92 heavy (non-hydrogen) atoms. The second kappa shape index (κ2) is 25.9. The number of benzene rings is 4. The van der Waals surface area contributed by atoms with E-state index in [0.717, 1.165) is 29.2 Å². The van der Waals surface area contributed by atoms with Crippen LogP contribution >= 0.6 is 15.9 Å². The normalized spacial score (nSPS) is 21.2.